The van der Waals surface area contributed by atoms with Gasteiger partial charge >= 0.3 is 0 Å². The average molecular weight is 467 g/mol. The lowest BCUT2D eigenvalue weighted by molar-refractivity contribution is 0.223. The number of benzene rings is 2. The van der Waals surface area contributed by atoms with E-state index < -0.39 is 22.0 Å². The Morgan fingerprint density at radius 3 is 1.37 bits per heavy atom. The van der Waals surface area contributed by atoms with E-state index in [1.807, 2.05) is 0 Å². The molecule has 2 N–H and O–H groups in total. The maximum atomic E-state index is 12.8. The molecule has 148 valence electrons. The second kappa shape index (κ2) is 11.0. The number of rotatable bonds is 10. The fraction of sp³-hybridized carbons (Fsp3) is 0.333. The Hall–Kier alpha value is -0.410. The van der Waals surface area contributed by atoms with Crippen LogP contribution in [-0.2, 0) is 9.84 Å². The van der Waals surface area contributed by atoms with Crippen LogP contribution in [0.2, 0.25) is 0 Å². The van der Waals surface area contributed by atoms with Crippen molar-refractivity contribution in [3.8, 4) is 0 Å². The van der Waals surface area contributed by atoms with Gasteiger partial charge in [0.25, 0.3) is 0 Å². The second-order valence-corrected chi connectivity index (χ2v) is 10.4. The van der Waals surface area contributed by atoms with Crippen molar-refractivity contribution in [2.24, 2.45) is 0 Å². The fourth-order valence-electron chi connectivity index (χ4n) is 2.04. The van der Waals surface area contributed by atoms with Gasteiger partial charge in [0, 0.05) is 33.1 Å². The predicted molar refractivity (Wildman–Crippen MR) is 113 cm³/mol. The summed E-state index contributed by atoms with van der Waals surface area (Å²) in [6, 6.07) is 13.1. The molecule has 0 amide bonds. The van der Waals surface area contributed by atoms with Crippen molar-refractivity contribution in [3.05, 3.63) is 48.5 Å². The first-order valence-corrected chi connectivity index (χ1v) is 12.6. The van der Waals surface area contributed by atoms with Crippen LogP contribution in [0.4, 0.5) is 0 Å². The van der Waals surface area contributed by atoms with Gasteiger partial charge < -0.3 is 10.2 Å². The zero-order valence-electron chi connectivity index (χ0n) is 14.3. The molecular formula is C18H20Cl2O4S3. The summed E-state index contributed by atoms with van der Waals surface area (Å²) in [4.78, 5) is 2.15. The Bertz CT molecular complexity index is 748. The van der Waals surface area contributed by atoms with Crippen LogP contribution in [0.25, 0.3) is 0 Å². The third kappa shape index (κ3) is 6.85. The number of hydrogen-bond acceptors (Lipinski definition) is 6. The fourth-order valence-corrected chi connectivity index (χ4v) is 5.44. The normalized spacial score (nSPS) is 14.1. The Morgan fingerprint density at radius 2 is 1.07 bits per heavy atom. The van der Waals surface area contributed by atoms with E-state index in [2.05, 4.69) is 0 Å². The summed E-state index contributed by atoms with van der Waals surface area (Å²) in [6.45, 7) is 0. The van der Waals surface area contributed by atoms with Crippen LogP contribution < -0.4 is 0 Å². The van der Waals surface area contributed by atoms with Crippen LogP contribution in [0.5, 0.6) is 0 Å². The molecule has 0 fully saturated rings. The maximum Gasteiger partial charge on any atom is 0.206 e. The molecule has 2 unspecified atom stereocenters. The number of halogens is 2. The number of sulfone groups is 1. The zero-order valence-corrected chi connectivity index (χ0v) is 18.3. The summed E-state index contributed by atoms with van der Waals surface area (Å²) in [5.41, 5.74) is 0. The molecule has 2 aromatic carbocycles. The predicted octanol–water partition coefficient (Wildman–Crippen LogP) is 3.90. The van der Waals surface area contributed by atoms with E-state index in [1.54, 1.807) is 48.5 Å². The first-order valence-electron chi connectivity index (χ1n) is 8.05. The molecule has 0 saturated carbocycles. The van der Waals surface area contributed by atoms with Crippen molar-refractivity contribution < 1.29 is 18.6 Å². The largest absolute Gasteiger partial charge is 0.391 e. The van der Waals surface area contributed by atoms with Crippen LogP contribution in [0.15, 0.2) is 68.1 Å². The summed E-state index contributed by atoms with van der Waals surface area (Å²) < 4.78 is 25.5. The van der Waals surface area contributed by atoms with Gasteiger partial charge in [0.2, 0.25) is 9.84 Å². The molecule has 9 heteroatoms. The van der Waals surface area contributed by atoms with Gasteiger partial charge in [0.1, 0.15) is 0 Å². The molecule has 0 aliphatic rings. The van der Waals surface area contributed by atoms with Gasteiger partial charge in [0.15, 0.2) is 0 Å². The van der Waals surface area contributed by atoms with E-state index in [9.17, 15) is 18.6 Å². The van der Waals surface area contributed by atoms with Crippen LogP contribution in [0.1, 0.15) is 0 Å². The number of aliphatic hydroxyl groups is 2. The van der Waals surface area contributed by atoms with Crippen molar-refractivity contribution >= 4 is 56.6 Å². The van der Waals surface area contributed by atoms with E-state index in [-0.39, 0.29) is 21.6 Å². The molecule has 2 aromatic rings. The van der Waals surface area contributed by atoms with Gasteiger partial charge in [-0.15, -0.1) is 46.7 Å². The van der Waals surface area contributed by atoms with Crippen LogP contribution in [-0.4, -0.2) is 54.1 Å². The number of thioether (sulfide) groups is 2. The zero-order chi connectivity index (χ0) is 19.9. The smallest absolute Gasteiger partial charge is 0.206 e. The lowest BCUT2D eigenvalue weighted by atomic mass is 10.4. The minimum absolute atomic E-state index is 0.165. The monoisotopic (exact) mass is 466 g/mol. The Morgan fingerprint density at radius 1 is 0.741 bits per heavy atom. The molecule has 27 heavy (non-hydrogen) atoms. The van der Waals surface area contributed by atoms with E-state index in [0.717, 1.165) is 9.79 Å². The van der Waals surface area contributed by atoms with Gasteiger partial charge in [-0.1, -0.05) is 0 Å². The molecule has 0 bridgehead atoms. The number of aliphatic hydroxyl groups excluding tert-OH is 2. The summed E-state index contributed by atoms with van der Waals surface area (Å²) in [7, 11) is -3.60. The van der Waals surface area contributed by atoms with E-state index in [0.29, 0.717) is 11.5 Å². The minimum Gasteiger partial charge on any atom is -0.391 e. The molecule has 2 rings (SSSR count). The Labute approximate surface area is 178 Å². The summed E-state index contributed by atoms with van der Waals surface area (Å²) in [5.74, 6) is 1.23. The first kappa shape index (κ1) is 22.9. The van der Waals surface area contributed by atoms with Crippen LogP contribution >= 0.6 is 46.7 Å². The Kier molecular flexibility index (Phi) is 9.28. The number of hydrogen-bond donors (Lipinski definition) is 2. The third-order valence-corrected chi connectivity index (χ3v) is 8.32. The van der Waals surface area contributed by atoms with Crippen molar-refractivity contribution in [1.82, 2.24) is 0 Å². The standard InChI is InChI=1S/C18H20Cl2O4S3/c19-9-13(21)11-25-15-1-5-17(6-2-15)27(23,24)18-7-3-16(4-8-18)26-12-14(22)10-20/h1-8,13-14,21-22H,9-12H2. The molecule has 0 saturated heterocycles. The van der Waals surface area contributed by atoms with Gasteiger partial charge in [0.05, 0.1) is 22.0 Å². The average Bonchev–Trinajstić information content (AvgIpc) is 2.70. The molecule has 0 heterocycles. The lowest BCUT2D eigenvalue weighted by Gasteiger charge is -2.09. The van der Waals surface area contributed by atoms with Crippen LogP contribution in [0, 0.1) is 0 Å². The highest BCUT2D eigenvalue weighted by molar-refractivity contribution is 7.99. The van der Waals surface area contributed by atoms with Crippen molar-refractivity contribution in [3.63, 3.8) is 0 Å². The second-order valence-electron chi connectivity index (χ2n) is 5.68. The molecule has 4 nitrogen and oxygen atoms in total. The first-order chi connectivity index (χ1) is 12.9. The molecule has 2 atom stereocenters. The summed E-state index contributed by atoms with van der Waals surface area (Å²) in [5, 5.41) is 19.0. The highest BCUT2D eigenvalue weighted by Gasteiger charge is 2.17. The molecule has 0 aliphatic carbocycles. The Balaban J connectivity index is 2.06. The SMILES string of the molecule is O=S(=O)(c1ccc(SCC(O)CCl)cc1)c1ccc(SCC(O)CCl)cc1. The molecule has 0 aromatic heterocycles. The van der Waals surface area contributed by atoms with Gasteiger partial charge in [-0.2, -0.15) is 0 Å². The van der Waals surface area contributed by atoms with E-state index in [4.69, 9.17) is 23.2 Å². The van der Waals surface area contributed by atoms with Crippen molar-refractivity contribution in [2.45, 2.75) is 31.8 Å². The van der Waals surface area contributed by atoms with Gasteiger partial charge in [-0.3, -0.25) is 0 Å². The topological polar surface area (TPSA) is 74.6 Å². The van der Waals surface area contributed by atoms with Gasteiger partial charge in [-0.05, 0) is 48.5 Å². The molecule has 0 spiro atoms. The molecular weight excluding hydrogens is 447 g/mol. The quantitative estimate of drug-likeness (QED) is 0.408. The van der Waals surface area contributed by atoms with E-state index >= 15 is 0 Å². The van der Waals surface area contributed by atoms with Crippen LogP contribution in [0.3, 0.4) is 0 Å². The third-order valence-electron chi connectivity index (χ3n) is 3.51. The number of alkyl halides is 2. The van der Waals surface area contributed by atoms with Crippen molar-refractivity contribution in [2.75, 3.05) is 23.3 Å². The van der Waals surface area contributed by atoms with Gasteiger partial charge in [-0.25, -0.2) is 8.42 Å². The molecule has 0 aliphatic heterocycles. The minimum atomic E-state index is -3.60. The summed E-state index contributed by atoms with van der Waals surface area (Å²) >= 11 is 14.0. The highest BCUT2D eigenvalue weighted by atomic mass is 35.5. The van der Waals surface area contributed by atoms with Crippen molar-refractivity contribution in [1.29, 1.82) is 0 Å². The van der Waals surface area contributed by atoms with E-state index in [1.165, 1.54) is 23.5 Å². The highest BCUT2D eigenvalue weighted by Crippen LogP contribution is 2.27. The lowest BCUT2D eigenvalue weighted by Crippen LogP contribution is -2.11. The maximum absolute atomic E-state index is 12.8. The molecule has 0 radical (unpaired) electrons. The summed E-state index contributed by atoms with van der Waals surface area (Å²) in [6.07, 6.45) is -1.19.